The lowest BCUT2D eigenvalue weighted by Gasteiger charge is -2.25. The lowest BCUT2D eigenvalue weighted by atomic mass is 9.90. The van der Waals surface area contributed by atoms with Gasteiger partial charge >= 0.3 is 0 Å². The van der Waals surface area contributed by atoms with Crippen LogP contribution in [0.1, 0.15) is 37.8 Å². The number of amides is 1. The first-order chi connectivity index (χ1) is 9.66. The highest BCUT2D eigenvalue weighted by atomic mass is 32.2. The minimum absolute atomic E-state index is 0.161. The van der Waals surface area contributed by atoms with Crippen LogP contribution in [-0.4, -0.2) is 22.9 Å². The molecule has 1 aliphatic carbocycles. The van der Waals surface area contributed by atoms with Crippen LogP contribution in [0.2, 0.25) is 0 Å². The summed E-state index contributed by atoms with van der Waals surface area (Å²) in [5.41, 5.74) is 3.82. The number of hydrogen-bond donors (Lipinski definition) is 0. The second-order valence-corrected chi connectivity index (χ2v) is 6.59. The van der Waals surface area contributed by atoms with E-state index in [0.717, 1.165) is 23.7 Å². The lowest BCUT2D eigenvalue weighted by Crippen LogP contribution is -2.31. The second kappa shape index (κ2) is 5.60. The van der Waals surface area contributed by atoms with Crippen LogP contribution in [0.5, 0.6) is 0 Å². The van der Waals surface area contributed by atoms with Crippen molar-refractivity contribution in [3.63, 3.8) is 0 Å². The molecule has 0 radical (unpaired) electrons. The van der Waals surface area contributed by atoms with E-state index in [1.165, 1.54) is 24.0 Å². The zero-order valence-electron chi connectivity index (χ0n) is 12.1. The Morgan fingerprint density at radius 1 is 1.25 bits per heavy atom. The SMILES string of the molecule is CC(C)N=C1SCC(=O)N1c1cccc2c1CCCC2. The highest BCUT2D eigenvalue weighted by molar-refractivity contribution is 8.15. The number of benzene rings is 1. The smallest absolute Gasteiger partial charge is 0.243 e. The Morgan fingerprint density at radius 2 is 2.05 bits per heavy atom. The Bertz CT molecular complexity index is 566. The van der Waals surface area contributed by atoms with Gasteiger partial charge in [-0.15, -0.1) is 0 Å². The second-order valence-electron chi connectivity index (χ2n) is 5.65. The number of rotatable bonds is 2. The number of carbonyl (C=O) groups excluding carboxylic acids is 1. The van der Waals surface area contributed by atoms with Gasteiger partial charge in [-0.3, -0.25) is 14.7 Å². The monoisotopic (exact) mass is 288 g/mol. The fourth-order valence-corrected chi connectivity index (χ4v) is 3.88. The fraction of sp³-hybridized carbons (Fsp3) is 0.500. The van der Waals surface area contributed by atoms with Crippen molar-refractivity contribution < 1.29 is 4.79 Å². The van der Waals surface area contributed by atoms with E-state index in [2.05, 4.69) is 37.0 Å². The maximum absolute atomic E-state index is 12.3. The zero-order valence-corrected chi connectivity index (χ0v) is 12.9. The van der Waals surface area contributed by atoms with Gasteiger partial charge in [0.2, 0.25) is 5.91 Å². The molecule has 20 heavy (non-hydrogen) atoms. The van der Waals surface area contributed by atoms with Gasteiger partial charge in [0.15, 0.2) is 5.17 Å². The predicted molar refractivity (Wildman–Crippen MR) is 85.6 cm³/mol. The van der Waals surface area contributed by atoms with Crippen molar-refractivity contribution in [3.8, 4) is 0 Å². The van der Waals surface area contributed by atoms with Crippen LogP contribution in [0.3, 0.4) is 0 Å². The van der Waals surface area contributed by atoms with Gasteiger partial charge in [-0.1, -0.05) is 23.9 Å². The van der Waals surface area contributed by atoms with Gasteiger partial charge < -0.3 is 0 Å². The number of amidine groups is 1. The minimum atomic E-state index is 0.161. The molecule has 0 saturated carbocycles. The zero-order chi connectivity index (χ0) is 14.1. The molecule has 3 rings (SSSR count). The fourth-order valence-electron chi connectivity index (χ4n) is 2.89. The summed E-state index contributed by atoms with van der Waals surface area (Å²) in [5, 5.41) is 0.865. The highest BCUT2D eigenvalue weighted by Gasteiger charge is 2.32. The molecule has 2 aliphatic rings. The van der Waals surface area contributed by atoms with Crippen LogP contribution >= 0.6 is 11.8 Å². The van der Waals surface area contributed by atoms with Crippen molar-refractivity contribution in [1.29, 1.82) is 0 Å². The summed E-state index contributed by atoms with van der Waals surface area (Å²) in [6.45, 7) is 4.10. The van der Waals surface area contributed by atoms with Crippen LogP contribution in [-0.2, 0) is 17.6 Å². The Balaban J connectivity index is 2.05. The summed E-state index contributed by atoms with van der Waals surface area (Å²) in [4.78, 5) is 18.7. The molecule has 4 heteroatoms. The van der Waals surface area contributed by atoms with E-state index in [0.29, 0.717) is 5.75 Å². The first-order valence-corrected chi connectivity index (χ1v) is 8.29. The molecule has 1 aliphatic heterocycles. The average molecular weight is 288 g/mol. The Kier molecular flexibility index (Phi) is 3.83. The Morgan fingerprint density at radius 3 is 2.85 bits per heavy atom. The molecule has 0 aromatic heterocycles. The van der Waals surface area contributed by atoms with Crippen LogP contribution in [0.25, 0.3) is 0 Å². The van der Waals surface area contributed by atoms with Gasteiger partial charge in [0, 0.05) is 6.04 Å². The van der Waals surface area contributed by atoms with Gasteiger partial charge in [0.1, 0.15) is 0 Å². The van der Waals surface area contributed by atoms with Crippen molar-refractivity contribution in [3.05, 3.63) is 29.3 Å². The first-order valence-electron chi connectivity index (χ1n) is 7.31. The highest BCUT2D eigenvalue weighted by Crippen LogP contribution is 2.34. The summed E-state index contributed by atoms with van der Waals surface area (Å²) in [6.07, 6.45) is 4.69. The number of anilines is 1. The molecule has 0 spiro atoms. The number of nitrogens with zero attached hydrogens (tertiary/aromatic N) is 2. The topological polar surface area (TPSA) is 32.7 Å². The molecule has 1 aromatic rings. The maximum Gasteiger partial charge on any atom is 0.243 e. The summed E-state index contributed by atoms with van der Waals surface area (Å²) in [6, 6.07) is 6.56. The minimum Gasteiger partial charge on any atom is -0.273 e. The van der Waals surface area contributed by atoms with Crippen molar-refractivity contribution in [2.24, 2.45) is 4.99 Å². The molecule has 0 unspecified atom stereocenters. The average Bonchev–Trinajstić information content (AvgIpc) is 2.78. The van der Waals surface area contributed by atoms with E-state index in [9.17, 15) is 4.79 Å². The standard InChI is InChI=1S/C16H20N2OS/c1-11(2)17-16-18(15(19)10-20-16)14-9-5-7-12-6-3-4-8-13(12)14/h5,7,9,11H,3-4,6,8,10H2,1-2H3. The summed E-state index contributed by atoms with van der Waals surface area (Å²) in [7, 11) is 0. The quantitative estimate of drug-likeness (QED) is 0.835. The van der Waals surface area contributed by atoms with E-state index in [1.54, 1.807) is 11.8 Å². The third-order valence-electron chi connectivity index (χ3n) is 3.75. The Labute approximate surface area is 124 Å². The molecule has 0 atom stereocenters. The predicted octanol–water partition coefficient (Wildman–Crippen LogP) is 3.41. The number of hydrogen-bond acceptors (Lipinski definition) is 3. The molecule has 106 valence electrons. The number of aryl methyl sites for hydroxylation is 1. The third-order valence-corrected chi connectivity index (χ3v) is 4.68. The van der Waals surface area contributed by atoms with E-state index in [4.69, 9.17) is 0 Å². The third kappa shape index (κ3) is 2.49. The molecule has 1 saturated heterocycles. The van der Waals surface area contributed by atoms with Crippen LogP contribution in [0.15, 0.2) is 23.2 Å². The van der Waals surface area contributed by atoms with Gasteiger partial charge in [-0.2, -0.15) is 0 Å². The number of thioether (sulfide) groups is 1. The largest absolute Gasteiger partial charge is 0.273 e. The maximum atomic E-state index is 12.3. The Hall–Kier alpha value is -1.29. The summed E-state index contributed by atoms with van der Waals surface area (Å²) in [5.74, 6) is 0.670. The lowest BCUT2D eigenvalue weighted by molar-refractivity contribution is -0.115. The van der Waals surface area contributed by atoms with Crippen molar-refractivity contribution in [2.45, 2.75) is 45.6 Å². The number of carbonyl (C=O) groups is 1. The molecule has 3 nitrogen and oxygen atoms in total. The van der Waals surface area contributed by atoms with Crippen molar-refractivity contribution in [2.75, 3.05) is 10.7 Å². The first kappa shape index (κ1) is 13.7. The molecule has 1 aromatic carbocycles. The molecule has 1 amide bonds. The molecule has 0 N–H and O–H groups in total. The summed E-state index contributed by atoms with van der Waals surface area (Å²) >= 11 is 1.56. The van der Waals surface area contributed by atoms with E-state index in [1.807, 2.05) is 4.90 Å². The van der Waals surface area contributed by atoms with Crippen molar-refractivity contribution >= 4 is 28.5 Å². The van der Waals surface area contributed by atoms with Gasteiger partial charge in [-0.25, -0.2) is 0 Å². The summed E-state index contributed by atoms with van der Waals surface area (Å²) < 4.78 is 0. The molecule has 0 bridgehead atoms. The molecular weight excluding hydrogens is 268 g/mol. The van der Waals surface area contributed by atoms with Gasteiger partial charge in [0.25, 0.3) is 0 Å². The van der Waals surface area contributed by atoms with Crippen molar-refractivity contribution in [1.82, 2.24) is 0 Å². The van der Waals surface area contributed by atoms with Crippen LogP contribution in [0.4, 0.5) is 5.69 Å². The number of aliphatic imine (C=N–C) groups is 1. The van der Waals surface area contributed by atoms with E-state index >= 15 is 0 Å². The van der Waals surface area contributed by atoms with E-state index in [-0.39, 0.29) is 11.9 Å². The van der Waals surface area contributed by atoms with Gasteiger partial charge in [-0.05, 0) is 56.7 Å². The van der Waals surface area contributed by atoms with Crippen LogP contribution in [0, 0.1) is 0 Å². The van der Waals surface area contributed by atoms with E-state index < -0.39 is 0 Å². The van der Waals surface area contributed by atoms with Gasteiger partial charge in [0.05, 0.1) is 11.4 Å². The number of fused-ring (bicyclic) bond motifs is 1. The molecular formula is C16H20N2OS. The normalized spacial score (nSPS) is 20.9. The molecule has 1 heterocycles. The molecule has 1 fully saturated rings. The van der Waals surface area contributed by atoms with Crippen LogP contribution < -0.4 is 4.90 Å².